The number of halogens is 1. The average Bonchev–Trinajstić information content (AvgIpc) is 2.40. The minimum Gasteiger partial charge on any atom is -0.478 e. The summed E-state index contributed by atoms with van der Waals surface area (Å²) in [6.45, 7) is 0. The summed E-state index contributed by atoms with van der Waals surface area (Å²) in [6.07, 6.45) is 0. The highest BCUT2D eigenvalue weighted by atomic mass is 35.5. The van der Waals surface area contributed by atoms with Crippen molar-refractivity contribution in [3.63, 3.8) is 0 Å². The number of nitrogens with one attached hydrogen (secondary N) is 1. The van der Waals surface area contributed by atoms with Crippen molar-refractivity contribution in [2.75, 3.05) is 11.1 Å². The van der Waals surface area contributed by atoms with Crippen molar-refractivity contribution in [3.8, 4) is 6.07 Å². The van der Waals surface area contributed by atoms with E-state index >= 15 is 0 Å². The van der Waals surface area contributed by atoms with Crippen LogP contribution in [0.4, 0.5) is 17.1 Å². The largest absolute Gasteiger partial charge is 0.478 e. The van der Waals surface area contributed by atoms with Gasteiger partial charge in [-0.2, -0.15) is 5.26 Å². The molecule has 0 spiro atoms. The van der Waals surface area contributed by atoms with Gasteiger partial charge in [-0.25, -0.2) is 4.79 Å². The van der Waals surface area contributed by atoms with Crippen LogP contribution in [0.2, 0.25) is 5.02 Å². The predicted molar refractivity (Wildman–Crippen MR) is 77.3 cm³/mol. The Bertz CT molecular complexity index is 723. The molecular weight excluding hydrogens is 278 g/mol. The van der Waals surface area contributed by atoms with Crippen LogP contribution in [0.5, 0.6) is 0 Å². The Kier molecular flexibility index (Phi) is 3.78. The van der Waals surface area contributed by atoms with Crippen molar-refractivity contribution in [3.05, 3.63) is 52.5 Å². The molecule has 20 heavy (non-hydrogen) atoms. The van der Waals surface area contributed by atoms with E-state index in [1.807, 2.05) is 6.07 Å². The zero-order valence-electron chi connectivity index (χ0n) is 10.2. The summed E-state index contributed by atoms with van der Waals surface area (Å²) in [5.74, 6) is -1.08. The Morgan fingerprint density at radius 2 is 2.05 bits per heavy atom. The van der Waals surface area contributed by atoms with E-state index < -0.39 is 5.97 Å². The van der Waals surface area contributed by atoms with Gasteiger partial charge in [0.25, 0.3) is 0 Å². The molecule has 6 heteroatoms. The molecule has 0 fully saturated rings. The van der Waals surface area contributed by atoms with Crippen molar-refractivity contribution >= 4 is 34.6 Å². The molecule has 0 aromatic heterocycles. The minimum atomic E-state index is -1.08. The molecule has 2 rings (SSSR count). The molecule has 4 N–H and O–H groups in total. The molecule has 0 unspecified atom stereocenters. The van der Waals surface area contributed by atoms with Gasteiger partial charge in [0.2, 0.25) is 0 Å². The fourth-order valence-electron chi connectivity index (χ4n) is 1.68. The lowest BCUT2D eigenvalue weighted by Crippen LogP contribution is -2.03. The van der Waals surface area contributed by atoms with Crippen LogP contribution >= 0.6 is 11.6 Å². The lowest BCUT2D eigenvalue weighted by atomic mass is 10.1. The number of aromatic carboxylic acids is 1. The normalized spacial score (nSPS) is 9.80. The third-order valence-corrected chi connectivity index (χ3v) is 2.97. The first kappa shape index (κ1) is 13.7. The highest BCUT2D eigenvalue weighted by molar-refractivity contribution is 6.33. The number of anilines is 3. The molecule has 0 bridgehead atoms. The fourth-order valence-corrected chi connectivity index (χ4v) is 1.90. The quantitative estimate of drug-likeness (QED) is 0.753. The van der Waals surface area contributed by atoms with E-state index in [0.29, 0.717) is 22.0 Å². The first-order valence-corrected chi connectivity index (χ1v) is 5.98. The lowest BCUT2D eigenvalue weighted by Gasteiger charge is -2.10. The average molecular weight is 288 g/mol. The first-order valence-electron chi connectivity index (χ1n) is 5.61. The van der Waals surface area contributed by atoms with Gasteiger partial charge in [0.1, 0.15) is 0 Å². The van der Waals surface area contributed by atoms with E-state index in [1.165, 1.54) is 12.1 Å². The molecule has 0 aliphatic heterocycles. The number of hydrogen-bond acceptors (Lipinski definition) is 4. The SMILES string of the molecule is N#Cc1ccc(Nc2ccc(C(=O)O)c(N)c2)c(Cl)c1. The van der Waals surface area contributed by atoms with Crippen LogP contribution in [0.15, 0.2) is 36.4 Å². The molecule has 5 nitrogen and oxygen atoms in total. The molecule has 2 aromatic rings. The van der Waals surface area contributed by atoms with Gasteiger partial charge in [-0.05, 0) is 36.4 Å². The van der Waals surface area contributed by atoms with Crippen LogP contribution in [0.1, 0.15) is 15.9 Å². The monoisotopic (exact) mass is 287 g/mol. The maximum atomic E-state index is 10.9. The van der Waals surface area contributed by atoms with Gasteiger partial charge in [-0.3, -0.25) is 0 Å². The summed E-state index contributed by atoms with van der Waals surface area (Å²) in [7, 11) is 0. The van der Waals surface area contributed by atoms with Crippen molar-refractivity contribution < 1.29 is 9.90 Å². The number of nitriles is 1. The molecule has 100 valence electrons. The van der Waals surface area contributed by atoms with Crippen molar-refractivity contribution in [2.24, 2.45) is 0 Å². The standard InChI is InChI=1S/C14H10ClN3O2/c15-11-5-8(7-16)1-4-13(11)18-9-2-3-10(14(19)20)12(17)6-9/h1-6,18H,17H2,(H,19,20). The van der Waals surface area contributed by atoms with Crippen LogP contribution in [-0.4, -0.2) is 11.1 Å². The number of hydrogen-bond donors (Lipinski definition) is 3. The predicted octanol–water partition coefficient (Wildman–Crippen LogP) is 3.24. The van der Waals surface area contributed by atoms with E-state index in [4.69, 9.17) is 27.7 Å². The zero-order chi connectivity index (χ0) is 14.7. The van der Waals surface area contributed by atoms with Gasteiger partial charge in [0.15, 0.2) is 0 Å². The van der Waals surface area contributed by atoms with Gasteiger partial charge in [0.05, 0.1) is 27.9 Å². The molecule has 2 aromatic carbocycles. The van der Waals surface area contributed by atoms with E-state index in [-0.39, 0.29) is 11.3 Å². The molecular formula is C14H10ClN3O2. The molecule has 0 saturated heterocycles. The van der Waals surface area contributed by atoms with E-state index in [9.17, 15) is 4.79 Å². The number of carboxylic acid groups (broad SMARTS) is 1. The summed E-state index contributed by atoms with van der Waals surface area (Å²) in [5, 5.41) is 21.1. The van der Waals surface area contributed by atoms with Crippen LogP contribution in [0.3, 0.4) is 0 Å². The third kappa shape index (κ3) is 2.82. The number of benzene rings is 2. The Balaban J connectivity index is 2.29. The van der Waals surface area contributed by atoms with Crippen LogP contribution in [-0.2, 0) is 0 Å². The lowest BCUT2D eigenvalue weighted by molar-refractivity contribution is 0.0698. The van der Waals surface area contributed by atoms with E-state index in [0.717, 1.165) is 0 Å². The number of carboxylic acids is 1. The molecule has 0 amide bonds. The van der Waals surface area contributed by atoms with Crippen LogP contribution in [0, 0.1) is 11.3 Å². The molecule has 0 atom stereocenters. The number of nitrogens with zero attached hydrogens (tertiary/aromatic N) is 1. The number of carbonyl (C=O) groups is 1. The van der Waals surface area contributed by atoms with Crippen molar-refractivity contribution in [2.45, 2.75) is 0 Å². The van der Waals surface area contributed by atoms with Gasteiger partial charge >= 0.3 is 5.97 Å². The van der Waals surface area contributed by atoms with Crippen LogP contribution < -0.4 is 11.1 Å². The van der Waals surface area contributed by atoms with Gasteiger partial charge in [-0.1, -0.05) is 11.6 Å². The summed E-state index contributed by atoms with van der Waals surface area (Å²) in [6, 6.07) is 11.3. The number of nitrogens with two attached hydrogens (primary N) is 1. The second-order valence-electron chi connectivity index (χ2n) is 4.04. The van der Waals surface area contributed by atoms with Gasteiger partial charge in [-0.15, -0.1) is 0 Å². The first-order chi connectivity index (χ1) is 9.51. The molecule has 0 aliphatic carbocycles. The second kappa shape index (κ2) is 5.51. The van der Waals surface area contributed by atoms with Crippen molar-refractivity contribution in [1.82, 2.24) is 0 Å². The summed E-state index contributed by atoms with van der Waals surface area (Å²) < 4.78 is 0. The maximum Gasteiger partial charge on any atom is 0.337 e. The topological polar surface area (TPSA) is 99.1 Å². The highest BCUT2D eigenvalue weighted by Gasteiger charge is 2.09. The Labute approximate surface area is 120 Å². The molecule has 0 aliphatic rings. The Morgan fingerprint density at radius 1 is 1.30 bits per heavy atom. The summed E-state index contributed by atoms with van der Waals surface area (Å²) >= 11 is 6.04. The fraction of sp³-hybridized carbons (Fsp3) is 0. The van der Waals surface area contributed by atoms with E-state index in [2.05, 4.69) is 5.32 Å². The smallest absolute Gasteiger partial charge is 0.337 e. The number of rotatable bonds is 3. The summed E-state index contributed by atoms with van der Waals surface area (Å²) in [4.78, 5) is 10.9. The second-order valence-corrected chi connectivity index (χ2v) is 4.45. The minimum absolute atomic E-state index is 0.0430. The molecule has 0 heterocycles. The van der Waals surface area contributed by atoms with Gasteiger partial charge in [0, 0.05) is 11.4 Å². The van der Waals surface area contributed by atoms with Gasteiger partial charge < -0.3 is 16.2 Å². The Morgan fingerprint density at radius 3 is 2.60 bits per heavy atom. The Hall–Kier alpha value is -2.71. The maximum absolute atomic E-state index is 10.9. The summed E-state index contributed by atoms with van der Waals surface area (Å²) in [5.41, 5.74) is 7.54. The molecule has 0 radical (unpaired) electrons. The van der Waals surface area contributed by atoms with Crippen molar-refractivity contribution in [1.29, 1.82) is 5.26 Å². The van der Waals surface area contributed by atoms with E-state index in [1.54, 1.807) is 24.3 Å². The van der Waals surface area contributed by atoms with Crippen LogP contribution in [0.25, 0.3) is 0 Å². The number of nitrogen functional groups attached to an aromatic ring is 1. The zero-order valence-corrected chi connectivity index (χ0v) is 11.0. The molecule has 0 saturated carbocycles. The third-order valence-electron chi connectivity index (χ3n) is 2.66. The highest BCUT2D eigenvalue weighted by Crippen LogP contribution is 2.28.